The average molecular weight is 334 g/mol. The van der Waals surface area contributed by atoms with Crippen LogP contribution in [0.1, 0.15) is 44.2 Å². The Hall–Kier alpha value is -2.03. The molecule has 2 saturated carbocycles. The molecule has 1 aliphatic heterocycles. The lowest BCUT2D eigenvalue weighted by atomic mass is 9.61. The number of benzene rings is 2. The largest absolute Gasteiger partial charge is 0.207 e. The third-order valence-corrected chi connectivity index (χ3v) is 7.36. The summed E-state index contributed by atoms with van der Waals surface area (Å²) in [4.78, 5) is 0. The molecule has 2 aromatic carbocycles. The van der Waals surface area contributed by atoms with Crippen molar-refractivity contribution in [3.63, 3.8) is 0 Å². The molecule has 3 aliphatic rings. The summed E-state index contributed by atoms with van der Waals surface area (Å²) in [5.41, 5.74) is 0.791. The molecule has 2 bridgehead atoms. The summed E-state index contributed by atoms with van der Waals surface area (Å²) in [6.07, 6.45) is 3.44. The molecule has 4 atom stereocenters. The van der Waals surface area contributed by atoms with Crippen LogP contribution in [0, 0.1) is 23.1 Å². The SMILES string of the molecule is CC1(C)[C@]2(c3ccccc3F)N=N[C@@]1(c1ccccc1)[C@H]1CCC[C@H]12. The molecule has 128 valence electrons. The van der Waals surface area contributed by atoms with Crippen LogP contribution >= 0.6 is 0 Å². The number of hydrogen-bond acceptors (Lipinski definition) is 2. The molecule has 0 aromatic heterocycles. The van der Waals surface area contributed by atoms with Gasteiger partial charge in [-0.25, -0.2) is 4.39 Å². The lowest BCUT2D eigenvalue weighted by Gasteiger charge is -2.42. The summed E-state index contributed by atoms with van der Waals surface area (Å²) in [6, 6.07) is 17.8. The molecule has 3 heteroatoms. The molecule has 0 radical (unpaired) electrons. The number of hydrogen-bond donors (Lipinski definition) is 0. The van der Waals surface area contributed by atoms with Gasteiger partial charge in [-0.05, 0) is 36.3 Å². The molecule has 5 rings (SSSR count). The van der Waals surface area contributed by atoms with Crippen LogP contribution in [-0.2, 0) is 11.1 Å². The molecule has 0 saturated heterocycles. The quantitative estimate of drug-likeness (QED) is 0.659. The molecule has 2 aromatic rings. The number of rotatable bonds is 2. The van der Waals surface area contributed by atoms with Gasteiger partial charge in [-0.1, -0.05) is 68.8 Å². The van der Waals surface area contributed by atoms with Crippen LogP contribution in [0.5, 0.6) is 0 Å². The second-order valence-corrected chi connectivity index (χ2v) is 8.35. The number of nitrogens with zero attached hydrogens (tertiary/aromatic N) is 2. The minimum absolute atomic E-state index is 0.147. The van der Waals surface area contributed by atoms with Gasteiger partial charge < -0.3 is 0 Å². The zero-order valence-corrected chi connectivity index (χ0v) is 14.7. The third kappa shape index (κ3) is 1.52. The summed E-state index contributed by atoms with van der Waals surface area (Å²) in [7, 11) is 0. The van der Waals surface area contributed by atoms with Crippen LogP contribution in [0.2, 0.25) is 0 Å². The van der Waals surface area contributed by atoms with Crippen molar-refractivity contribution in [2.75, 3.05) is 0 Å². The highest BCUT2D eigenvalue weighted by molar-refractivity contribution is 5.45. The van der Waals surface area contributed by atoms with E-state index in [1.54, 1.807) is 12.1 Å². The summed E-state index contributed by atoms with van der Waals surface area (Å²) in [5.74, 6) is 0.644. The molecule has 1 heterocycles. The standard InChI is InChI=1S/C22H23FN2/c1-20(2)21(15-9-4-3-5-10-15)16-12-8-13-17(16)22(20,25-24-21)18-11-6-7-14-19(18)23/h3-7,9-11,14,16-17H,8,12-13H2,1-2H3/t16-,17+,21-,22-/m0/s1. The summed E-state index contributed by atoms with van der Waals surface area (Å²) in [6.45, 7) is 4.51. The Balaban J connectivity index is 1.81. The van der Waals surface area contributed by atoms with Crippen LogP contribution in [0.15, 0.2) is 64.8 Å². The maximum absolute atomic E-state index is 14.9. The molecule has 2 fully saturated rings. The van der Waals surface area contributed by atoms with E-state index < -0.39 is 5.54 Å². The van der Waals surface area contributed by atoms with Gasteiger partial charge in [-0.3, -0.25) is 0 Å². The highest BCUT2D eigenvalue weighted by Crippen LogP contribution is 2.77. The molecule has 0 amide bonds. The van der Waals surface area contributed by atoms with Gasteiger partial charge in [0, 0.05) is 11.0 Å². The first-order valence-electron chi connectivity index (χ1n) is 9.30. The Morgan fingerprint density at radius 2 is 1.44 bits per heavy atom. The van der Waals surface area contributed by atoms with Crippen molar-refractivity contribution in [3.8, 4) is 0 Å². The van der Waals surface area contributed by atoms with Crippen LogP contribution in [0.3, 0.4) is 0 Å². The van der Waals surface area contributed by atoms with E-state index in [2.05, 4.69) is 38.1 Å². The smallest absolute Gasteiger partial charge is 0.128 e. The van der Waals surface area contributed by atoms with Crippen molar-refractivity contribution in [2.24, 2.45) is 27.5 Å². The Morgan fingerprint density at radius 3 is 2.16 bits per heavy atom. The maximum Gasteiger partial charge on any atom is 0.128 e. The van der Waals surface area contributed by atoms with Crippen LogP contribution in [-0.4, -0.2) is 0 Å². The summed E-state index contributed by atoms with van der Waals surface area (Å²) < 4.78 is 14.9. The fourth-order valence-electron chi connectivity index (χ4n) is 6.42. The van der Waals surface area contributed by atoms with E-state index in [-0.39, 0.29) is 16.8 Å². The van der Waals surface area contributed by atoms with Gasteiger partial charge in [0.2, 0.25) is 0 Å². The fraction of sp³-hybridized carbons (Fsp3) is 0.455. The first-order chi connectivity index (χ1) is 12.1. The first-order valence-corrected chi connectivity index (χ1v) is 9.30. The number of azo groups is 1. The Morgan fingerprint density at radius 1 is 0.840 bits per heavy atom. The summed E-state index contributed by atoms with van der Waals surface area (Å²) >= 11 is 0. The van der Waals surface area contributed by atoms with E-state index >= 15 is 0 Å². The molecule has 0 spiro atoms. The van der Waals surface area contributed by atoms with E-state index in [0.29, 0.717) is 11.8 Å². The topological polar surface area (TPSA) is 24.7 Å². The monoisotopic (exact) mass is 334 g/mol. The first kappa shape index (κ1) is 15.2. The van der Waals surface area contributed by atoms with Crippen LogP contribution in [0.25, 0.3) is 0 Å². The summed E-state index contributed by atoms with van der Waals surface area (Å²) in [5, 5.41) is 9.84. The van der Waals surface area contributed by atoms with Gasteiger partial charge in [0.15, 0.2) is 0 Å². The van der Waals surface area contributed by atoms with Crippen LogP contribution < -0.4 is 0 Å². The van der Waals surface area contributed by atoms with E-state index in [0.717, 1.165) is 18.4 Å². The van der Waals surface area contributed by atoms with E-state index in [1.165, 1.54) is 12.0 Å². The predicted octanol–water partition coefficient (Wildman–Crippen LogP) is 5.84. The van der Waals surface area contributed by atoms with Crippen molar-refractivity contribution in [1.82, 2.24) is 0 Å². The highest BCUT2D eigenvalue weighted by Gasteiger charge is 2.78. The lowest BCUT2D eigenvalue weighted by molar-refractivity contribution is 0.137. The normalized spacial score (nSPS) is 37.4. The zero-order chi connectivity index (χ0) is 17.3. The molecular formula is C22H23FN2. The van der Waals surface area contributed by atoms with E-state index in [4.69, 9.17) is 10.2 Å². The number of fused-ring (bicyclic) bond motifs is 5. The Kier molecular flexibility index (Phi) is 2.91. The Labute approximate surface area is 148 Å². The Bertz CT molecular complexity index is 859. The molecule has 2 aliphatic carbocycles. The maximum atomic E-state index is 14.9. The van der Waals surface area contributed by atoms with Gasteiger partial charge >= 0.3 is 0 Å². The highest BCUT2D eigenvalue weighted by atomic mass is 19.1. The van der Waals surface area contributed by atoms with E-state index in [9.17, 15) is 4.39 Å². The van der Waals surface area contributed by atoms with Crippen molar-refractivity contribution in [3.05, 3.63) is 71.5 Å². The minimum Gasteiger partial charge on any atom is -0.207 e. The third-order valence-electron chi connectivity index (χ3n) is 7.36. The predicted molar refractivity (Wildman–Crippen MR) is 95.7 cm³/mol. The lowest BCUT2D eigenvalue weighted by Crippen LogP contribution is -2.45. The van der Waals surface area contributed by atoms with E-state index in [1.807, 2.05) is 18.2 Å². The molecule has 0 unspecified atom stereocenters. The average Bonchev–Trinajstić information content (AvgIpc) is 3.24. The zero-order valence-electron chi connectivity index (χ0n) is 14.7. The van der Waals surface area contributed by atoms with Gasteiger partial charge in [0.25, 0.3) is 0 Å². The number of halogens is 1. The molecular weight excluding hydrogens is 311 g/mol. The second-order valence-electron chi connectivity index (χ2n) is 8.35. The molecule has 25 heavy (non-hydrogen) atoms. The van der Waals surface area contributed by atoms with Crippen molar-refractivity contribution < 1.29 is 4.39 Å². The second kappa shape index (κ2) is 4.78. The minimum atomic E-state index is -0.560. The van der Waals surface area contributed by atoms with Gasteiger partial charge in [-0.2, -0.15) is 10.2 Å². The van der Waals surface area contributed by atoms with Gasteiger partial charge in [0.05, 0.1) is 0 Å². The van der Waals surface area contributed by atoms with Gasteiger partial charge in [-0.15, -0.1) is 0 Å². The molecule has 2 nitrogen and oxygen atoms in total. The van der Waals surface area contributed by atoms with Crippen LogP contribution in [0.4, 0.5) is 4.39 Å². The van der Waals surface area contributed by atoms with Crippen molar-refractivity contribution in [2.45, 2.75) is 44.2 Å². The van der Waals surface area contributed by atoms with Crippen molar-refractivity contribution >= 4 is 0 Å². The van der Waals surface area contributed by atoms with Crippen molar-refractivity contribution in [1.29, 1.82) is 0 Å². The molecule has 0 N–H and O–H groups in total. The van der Waals surface area contributed by atoms with Gasteiger partial charge in [0.1, 0.15) is 16.9 Å². The fourth-order valence-corrected chi connectivity index (χ4v) is 6.42.